The number of hydrogen-bond donors (Lipinski definition) is 17. The smallest absolute Gasteiger partial charge is 0.326 e. The van der Waals surface area contributed by atoms with Crippen LogP contribution in [0, 0.1) is 29.6 Å². The molecule has 0 unspecified atom stereocenters. The fourth-order valence-electron chi connectivity index (χ4n) is 9.53. The molecule has 0 aliphatic carbocycles. The molecule has 0 aliphatic heterocycles. The molecule has 0 bridgehead atoms. The molecule has 22 N–H and O–H groups in total. The highest BCUT2D eigenvalue weighted by Gasteiger charge is 2.36. The van der Waals surface area contributed by atoms with Crippen LogP contribution in [0.25, 0.3) is 0 Å². The number of nitrogens with one attached hydrogen (secondary N) is 9. The van der Waals surface area contributed by atoms with Gasteiger partial charge in [-0.3, -0.25) is 53.1 Å². The Hall–Kier alpha value is -8.76. The fraction of sp³-hybridized carbons (Fsp3) is 0.613. The first-order chi connectivity index (χ1) is 42.6. The molecular weight excluding hydrogens is 1180 g/mol. The monoisotopic (exact) mass is 1280 g/mol. The molecule has 0 spiro atoms. The van der Waals surface area contributed by atoms with Gasteiger partial charge in [-0.25, -0.2) is 4.79 Å². The number of carboxylic acids is 1. The van der Waals surface area contributed by atoms with Gasteiger partial charge in [0.05, 0.1) is 12.6 Å². The minimum absolute atomic E-state index is 0.0260. The lowest BCUT2D eigenvalue weighted by Gasteiger charge is -2.29. The summed E-state index contributed by atoms with van der Waals surface area (Å²) in [7, 11) is 0. The predicted molar refractivity (Wildman–Crippen MR) is 345 cm³/mol. The first-order valence-corrected chi connectivity index (χ1v) is 31.0. The third-order valence-corrected chi connectivity index (χ3v) is 14.0. The van der Waals surface area contributed by atoms with E-state index in [2.05, 4.69) is 57.8 Å². The number of guanidine groups is 2. The minimum atomic E-state index is -1.37. The second-order valence-corrected chi connectivity index (χ2v) is 25.0. The van der Waals surface area contributed by atoms with Crippen LogP contribution in [0.2, 0.25) is 0 Å². The molecule has 0 saturated heterocycles. The molecule has 0 aromatic heterocycles. The molecule has 0 fully saturated rings. The number of nitrogens with two attached hydrogens (primary N) is 5. The summed E-state index contributed by atoms with van der Waals surface area (Å²) in [5, 5.41) is 53.6. The number of phenolic OH excluding ortho intramolecular Hbond substituents is 2. The maximum atomic E-state index is 14.6. The largest absolute Gasteiger partial charge is 0.508 e. The Bertz CT molecular complexity index is 2750. The molecule has 91 heavy (non-hydrogen) atoms. The van der Waals surface area contributed by atoms with E-state index in [-0.39, 0.29) is 130 Å². The zero-order valence-electron chi connectivity index (χ0n) is 54.3. The molecule has 0 saturated carbocycles. The molecule has 508 valence electrons. The topological polar surface area (TPSA) is 494 Å². The van der Waals surface area contributed by atoms with E-state index >= 15 is 0 Å². The summed E-state index contributed by atoms with van der Waals surface area (Å²) >= 11 is 0. The summed E-state index contributed by atoms with van der Waals surface area (Å²) in [4.78, 5) is 147. The van der Waals surface area contributed by atoms with Crippen molar-refractivity contribution in [3.63, 3.8) is 0 Å². The van der Waals surface area contributed by atoms with Gasteiger partial charge in [0.1, 0.15) is 59.8 Å². The van der Waals surface area contributed by atoms with Crippen LogP contribution in [0.1, 0.15) is 138 Å². The number of aliphatic carboxylic acids is 1. The minimum Gasteiger partial charge on any atom is -0.508 e. The second-order valence-electron chi connectivity index (χ2n) is 25.0. The third-order valence-electron chi connectivity index (χ3n) is 14.0. The average molecular weight is 1280 g/mol. The molecule has 29 nitrogen and oxygen atoms in total. The van der Waals surface area contributed by atoms with E-state index < -0.39 is 120 Å². The highest BCUT2D eigenvalue weighted by molar-refractivity contribution is 5.98. The maximum absolute atomic E-state index is 14.6. The normalized spacial score (nSPS) is 14.2. The third kappa shape index (κ3) is 32.0. The van der Waals surface area contributed by atoms with Gasteiger partial charge in [0, 0.05) is 25.9 Å². The summed E-state index contributed by atoms with van der Waals surface area (Å²) in [6.45, 7) is 17.8. The number of carbonyl (C=O) groups is 10. The molecular formula is C62H102N16O13. The van der Waals surface area contributed by atoms with Gasteiger partial charge >= 0.3 is 5.97 Å². The number of carboxylic acid groups (broad SMARTS) is 1. The van der Waals surface area contributed by atoms with Crippen LogP contribution in [0.3, 0.4) is 0 Å². The zero-order valence-corrected chi connectivity index (χ0v) is 54.3. The Balaban J connectivity index is 2.46. The number of nitrogens with zero attached hydrogens (tertiary/aromatic N) is 2. The Labute approximate surface area is 533 Å². The number of hydrogen-bond acceptors (Lipinski definition) is 15. The lowest BCUT2D eigenvalue weighted by Crippen LogP contribution is -2.61. The van der Waals surface area contributed by atoms with Gasteiger partial charge < -0.3 is 91.8 Å². The van der Waals surface area contributed by atoms with Crippen molar-refractivity contribution >= 4 is 71.1 Å². The van der Waals surface area contributed by atoms with Crippen molar-refractivity contribution in [1.29, 1.82) is 0 Å². The molecule has 0 heterocycles. The first-order valence-electron chi connectivity index (χ1n) is 31.0. The van der Waals surface area contributed by atoms with Gasteiger partial charge in [-0.15, -0.1) is 0 Å². The van der Waals surface area contributed by atoms with Crippen molar-refractivity contribution in [2.75, 3.05) is 19.6 Å². The van der Waals surface area contributed by atoms with Crippen LogP contribution in [-0.2, 0) is 60.8 Å². The highest BCUT2D eigenvalue weighted by atomic mass is 16.4. The van der Waals surface area contributed by atoms with Crippen LogP contribution >= 0.6 is 0 Å². The second kappa shape index (κ2) is 40.1. The molecule has 0 aliphatic rings. The lowest BCUT2D eigenvalue weighted by molar-refractivity contribution is -0.141. The van der Waals surface area contributed by atoms with E-state index in [1.165, 1.54) is 36.4 Å². The summed E-state index contributed by atoms with van der Waals surface area (Å²) < 4.78 is 0. The molecule has 2 aromatic rings. The molecule has 0 radical (unpaired) electrons. The van der Waals surface area contributed by atoms with Crippen molar-refractivity contribution in [2.24, 2.45) is 68.2 Å². The van der Waals surface area contributed by atoms with Gasteiger partial charge in [-0.05, 0) is 123 Å². The van der Waals surface area contributed by atoms with Crippen LogP contribution in [0.5, 0.6) is 11.5 Å². The van der Waals surface area contributed by atoms with Crippen LogP contribution < -0.4 is 76.5 Å². The summed E-state index contributed by atoms with van der Waals surface area (Å²) in [5.74, 6) is -9.52. The van der Waals surface area contributed by atoms with Crippen LogP contribution in [0.4, 0.5) is 0 Å². The predicted octanol–water partition coefficient (Wildman–Crippen LogP) is -0.373. The van der Waals surface area contributed by atoms with E-state index in [9.17, 15) is 63.3 Å². The van der Waals surface area contributed by atoms with Crippen molar-refractivity contribution in [2.45, 2.75) is 194 Å². The molecule has 9 atom stereocenters. The SMILES string of the molecule is CC(C)C[C@H](NC(=O)[C@H](CC(C)C)NC(=O)[C@H](CC(C)C)NC(=O)[C@H](CCCN=C(N)N)NC(=O)[C@H](CC(C)C)NC(=O)[C@H](Cc1ccc(O)cc1)NC(=O)[C@H](CC(C)C)NC(=O)[C@@H](N)CCCN=C(N)N)C(=O)NCC(=O)N[C@@H](Cc1ccc(O)cc1)C(=O)O. The van der Waals surface area contributed by atoms with Gasteiger partial charge in [0.2, 0.25) is 53.2 Å². The Morgan fingerprint density at radius 3 is 1.04 bits per heavy atom. The Morgan fingerprint density at radius 2 is 0.692 bits per heavy atom. The van der Waals surface area contributed by atoms with Crippen LogP contribution in [-0.4, -0.2) is 160 Å². The standard InChI is InChI=1S/C62H102N16O13/c1-33(2)25-44(53(83)70-32-51(81)71-50(60(90)91)31-39-17-21-41(80)22-18-39)74-57(87)48(29-37(9)10)76-58(88)47(28-36(7)8)75-54(84)43(14-12-24-69-62(66)67)72-55(85)46(27-35(5)6)77-59(89)49(30-38-15-19-40(79)20-16-38)78-56(86)45(26-34(3)4)73-52(82)42(63)13-11-23-68-61(64)65/h15-22,33-37,42-50,79-80H,11-14,23-32,63H2,1-10H3,(H,70,83)(H,71,81)(H,72,85)(H,73,82)(H,74,87)(H,75,84)(H,76,88)(H,77,89)(H,78,86)(H,90,91)(H4,64,65,68)(H4,66,67,69)/t42-,43-,44-,45-,46-,47-,48-,49-,50-/m0/s1. The van der Waals surface area contributed by atoms with Crippen molar-refractivity contribution < 1.29 is 63.3 Å². The molecule has 29 heteroatoms. The van der Waals surface area contributed by atoms with Crippen molar-refractivity contribution in [3.8, 4) is 11.5 Å². The number of carbonyl (C=O) groups excluding carboxylic acids is 9. The Kier molecular flexibility index (Phi) is 34.5. The van der Waals surface area contributed by atoms with E-state index in [1.54, 1.807) is 53.7 Å². The van der Waals surface area contributed by atoms with Gasteiger partial charge in [0.25, 0.3) is 0 Å². The van der Waals surface area contributed by atoms with E-state index in [4.69, 9.17) is 28.7 Å². The molecule has 2 aromatic carbocycles. The summed E-state index contributed by atoms with van der Waals surface area (Å²) in [6, 6.07) is 0.303. The quantitative estimate of drug-likeness (QED) is 0.0229. The van der Waals surface area contributed by atoms with Gasteiger partial charge in [-0.2, -0.15) is 0 Å². The first kappa shape index (κ1) is 78.3. The van der Waals surface area contributed by atoms with Crippen LogP contribution in [0.15, 0.2) is 58.5 Å². The number of rotatable bonds is 41. The van der Waals surface area contributed by atoms with Crippen molar-refractivity contribution in [3.05, 3.63) is 59.7 Å². The maximum Gasteiger partial charge on any atom is 0.326 e. The van der Waals surface area contributed by atoms with E-state index in [1.807, 2.05) is 27.7 Å². The molecule has 9 amide bonds. The van der Waals surface area contributed by atoms with Gasteiger partial charge in [-0.1, -0.05) is 93.5 Å². The highest BCUT2D eigenvalue weighted by Crippen LogP contribution is 2.17. The molecule has 2 rings (SSSR count). The lowest BCUT2D eigenvalue weighted by atomic mass is 9.98. The average Bonchev–Trinajstić information content (AvgIpc) is 1.78. The fourth-order valence-corrected chi connectivity index (χ4v) is 9.53. The Morgan fingerprint density at radius 1 is 0.396 bits per heavy atom. The van der Waals surface area contributed by atoms with Gasteiger partial charge in [0.15, 0.2) is 11.9 Å². The summed E-state index contributed by atoms with van der Waals surface area (Å²) in [5.41, 5.74) is 29.2. The number of phenols is 2. The number of benzene rings is 2. The number of amides is 9. The number of aromatic hydroxyl groups is 2. The number of aliphatic imine (C=N–C) groups is 2. The summed E-state index contributed by atoms with van der Waals surface area (Å²) in [6.07, 6.45) is 0.814. The van der Waals surface area contributed by atoms with Crippen molar-refractivity contribution in [1.82, 2.24) is 47.9 Å². The van der Waals surface area contributed by atoms with E-state index in [0.717, 1.165) is 0 Å². The van der Waals surface area contributed by atoms with E-state index in [0.29, 0.717) is 17.5 Å². The zero-order chi connectivity index (χ0) is 68.7.